The summed E-state index contributed by atoms with van der Waals surface area (Å²) in [6.07, 6.45) is 2.08. The van der Waals surface area contributed by atoms with E-state index in [0.717, 1.165) is 11.3 Å². The van der Waals surface area contributed by atoms with Gasteiger partial charge in [-0.3, -0.25) is 0 Å². The van der Waals surface area contributed by atoms with Crippen molar-refractivity contribution >= 4 is 10.0 Å². The van der Waals surface area contributed by atoms with E-state index in [-0.39, 0.29) is 18.1 Å². The Balaban J connectivity index is 1.77. The SMILES string of the molecule is O=S(=O)(Cc1ccc(F)cc1)N1CCc2oncc2C1. The summed E-state index contributed by atoms with van der Waals surface area (Å²) >= 11 is 0. The van der Waals surface area contributed by atoms with Crippen LogP contribution >= 0.6 is 0 Å². The normalized spacial score (nSPS) is 16.1. The first kappa shape index (κ1) is 13.3. The van der Waals surface area contributed by atoms with Crippen molar-refractivity contribution in [3.05, 3.63) is 53.2 Å². The van der Waals surface area contributed by atoms with E-state index in [9.17, 15) is 12.8 Å². The Morgan fingerprint density at radius 3 is 2.80 bits per heavy atom. The van der Waals surface area contributed by atoms with Gasteiger partial charge in [-0.05, 0) is 17.7 Å². The Labute approximate surface area is 116 Å². The largest absolute Gasteiger partial charge is 0.361 e. The molecule has 0 atom stereocenters. The number of hydrogen-bond acceptors (Lipinski definition) is 4. The average Bonchev–Trinajstić information content (AvgIpc) is 2.88. The van der Waals surface area contributed by atoms with Crippen molar-refractivity contribution in [2.24, 2.45) is 0 Å². The second-order valence-corrected chi connectivity index (χ2v) is 6.71. The highest BCUT2D eigenvalue weighted by Gasteiger charge is 2.28. The van der Waals surface area contributed by atoms with Gasteiger partial charge in [-0.2, -0.15) is 4.31 Å². The van der Waals surface area contributed by atoms with Gasteiger partial charge in [0.05, 0.1) is 11.9 Å². The van der Waals surface area contributed by atoms with Gasteiger partial charge < -0.3 is 4.52 Å². The fourth-order valence-corrected chi connectivity index (χ4v) is 3.74. The van der Waals surface area contributed by atoms with Crippen molar-refractivity contribution < 1.29 is 17.3 Å². The lowest BCUT2D eigenvalue weighted by Crippen LogP contribution is -2.36. The smallest absolute Gasteiger partial charge is 0.218 e. The molecule has 5 nitrogen and oxygen atoms in total. The molecule has 2 heterocycles. The van der Waals surface area contributed by atoms with Gasteiger partial charge in [-0.25, -0.2) is 12.8 Å². The molecular weight excluding hydrogens is 283 g/mol. The molecule has 106 valence electrons. The maximum absolute atomic E-state index is 12.8. The first-order valence-electron chi connectivity index (χ1n) is 6.19. The molecule has 0 unspecified atom stereocenters. The van der Waals surface area contributed by atoms with E-state index >= 15 is 0 Å². The highest BCUT2D eigenvalue weighted by atomic mass is 32.2. The zero-order valence-corrected chi connectivity index (χ0v) is 11.4. The molecule has 1 aromatic carbocycles. The molecule has 3 rings (SSSR count). The van der Waals surface area contributed by atoms with E-state index in [1.807, 2.05) is 0 Å². The van der Waals surface area contributed by atoms with Gasteiger partial charge in [-0.1, -0.05) is 17.3 Å². The number of aromatic nitrogens is 1. The topological polar surface area (TPSA) is 63.4 Å². The molecule has 0 saturated heterocycles. The van der Waals surface area contributed by atoms with Crippen molar-refractivity contribution in [1.29, 1.82) is 0 Å². The zero-order chi connectivity index (χ0) is 14.2. The van der Waals surface area contributed by atoms with Gasteiger partial charge in [0.15, 0.2) is 0 Å². The molecule has 7 heteroatoms. The minimum Gasteiger partial charge on any atom is -0.361 e. The fourth-order valence-electron chi connectivity index (χ4n) is 2.23. The molecule has 0 fully saturated rings. The van der Waals surface area contributed by atoms with Gasteiger partial charge in [0.25, 0.3) is 0 Å². The van der Waals surface area contributed by atoms with Crippen LogP contribution in [-0.2, 0) is 28.7 Å². The van der Waals surface area contributed by atoms with Crippen molar-refractivity contribution in [3.63, 3.8) is 0 Å². The Hall–Kier alpha value is -1.73. The van der Waals surface area contributed by atoms with Crippen LogP contribution in [0.4, 0.5) is 4.39 Å². The van der Waals surface area contributed by atoms with E-state index in [0.29, 0.717) is 18.5 Å². The van der Waals surface area contributed by atoms with Gasteiger partial charge in [-0.15, -0.1) is 0 Å². The maximum atomic E-state index is 12.8. The molecule has 0 amide bonds. The summed E-state index contributed by atoms with van der Waals surface area (Å²) in [5.41, 5.74) is 1.38. The molecule has 20 heavy (non-hydrogen) atoms. The van der Waals surface area contributed by atoms with Crippen LogP contribution in [0.1, 0.15) is 16.9 Å². The Morgan fingerprint density at radius 2 is 2.05 bits per heavy atom. The minimum absolute atomic E-state index is 0.131. The number of nitrogens with zero attached hydrogens (tertiary/aromatic N) is 2. The van der Waals surface area contributed by atoms with Crippen LogP contribution in [0.25, 0.3) is 0 Å². The van der Waals surface area contributed by atoms with E-state index in [2.05, 4.69) is 5.16 Å². The van der Waals surface area contributed by atoms with Crippen LogP contribution in [0.2, 0.25) is 0 Å². The molecule has 1 aliphatic rings. The number of benzene rings is 1. The van der Waals surface area contributed by atoms with Gasteiger partial charge in [0.2, 0.25) is 10.0 Å². The van der Waals surface area contributed by atoms with Gasteiger partial charge in [0.1, 0.15) is 11.6 Å². The average molecular weight is 296 g/mol. The fraction of sp³-hybridized carbons (Fsp3) is 0.308. The summed E-state index contributed by atoms with van der Waals surface area (Å²) < 4.78 is 44.0. The summed E-state index contributed by atoms with van der Waals surface area (Å²) in [5, 5.41) is 3.68. The Bertz CT molecular complexity index is 709. The first-order chi connectivity index (χ1) is 9.54. The summed E-state index contributed by atoms with van der Waals surface area (Å²) in [5.74, 6) is 0.241. The molecule has 0 saturated carbocycles. The lowest BCUT2D eigenvalue weighted by atomic mass is 10.1. The number of rotatable bonds is 3. The molecule has 0 aliphatic carbocycles. The van der Waals surface area contributed by atoms with Crippen LogP contribution in [-0.4, -0.2) is 24.4 Å². The lowest BCUT2D eigenvalue weighted by Gasteiger charge is -2.24. The Kier molecular flexibility index (Phi) is 3.31. The lowest BCUT2D eigenvalue weighted by molar-refractivity contribution is 0.331. The van der Waals surface area contributed by atoms with Crippen LogP contribution in [0, 0.1) is 5.82 Å². The van der Waals surface area contributed by atoms with E-state index in [1.54, 1.807) is 6.20 Å². The third kappa shape index (κ3) is 2.59. The summed E-state index contributed by atoms with van der Waals surface area (Å²) in [4.78, 5) is 0. The van der Waals surface area contributed by atoms with Crippen LogP contribution in [0.15, 0.2) is 35.0 Å². The number of sulfonamides is 1. The monoisotopic (exact) mass is 296 g/mol. The van der Waals surface area contributed by atoms with Crippen molar-refractivity contribution in [3.8, 4) is 0 Å². The van der Waals surface area contributed by atoms with Crippen molar-refractivity contribution in [2.45, 2.75) is 18.7 Å². The first-order valence-corrected chi connectivity index (χ1v) is 7.80. The number of halogens is 1. The molecule has 0 radical (unpaired) electrons. The third-order valence-electron chi connectivity index (χ3n) is 3.32. The van der Waals surface area contributed by atoms with E-state index in [1.165, 1.54) is 28.6 Å². The molecular formula is C13H13FN2O3S. The van der Waals surface area contributed by atoms with Crippen LogP contribution in [0.3, 0.4) is 0 Å². The molecule has 0 N–H and O–H groups in total. The van der Waals surface area contributed by atoms with E-state index in [4.69, 9.17) is 4.52 Å². The second-order valence-electron chi connectivity index (χ2n) is 4.74. The summed E-state index contributed by atoms with van der Waals surface area (Å²) in [6.45, 7) is 0.661. The molecule has 1 aromatic heterocycles. The predicted octanol–water partition coefficient (Wildman–Crippen LogP) is 1.70. The standard InChI is InChI=1S/C13H13FN2O3S/c14-12-3-1-10(2-4-12)9-20(17,18)16-6-5-13-11(8-16)7-15-19-13/h1-4,7H,5-6,8-9H2. The van der Waals surface area contributed by atoms with Crippen LogP contribution in [0.5, 0.6) is 0 Å². The predicted molar refractivity (Wildman–Crippen MR) is 69.6 cm³/mol. The maximum Gasteiger partial charge on any atom is 0.218 e. The summed E-state index contributed by atoms with van der Waals surface area (Å²) in [7, 11) is -3.43. The Morgan fingerprint density at radius 1 is 1.30 bits per heavy atom. The highest BCUT2D eigenvalue weighted by Crippen LogP contribution is 2.22. The summed E-state index contributed by atoms with van der Waals surface area (Å²) in [6, 6.07) is 5.50. The quantitative estimate of drug-likeness (QED) is 0.865. The number of hydrogen-bond donors (Lipinski definition) is 0. The highest BCUT2D eigenvalue weighted by molar-refractivity contribution is 7.88. The molecule has 0 spiro atoms. The third-order valence-corrected chi connectivity index (χ3v) is 5.12. The molecule has 0 bridgehead atoms. The van der Waals surface area contributed by atoms with Gasteiger partial charge in [0, 0.05) is 25.1 Å². The van der Waals surface area contributed by atoms with Gasteiger partial charge >= 0.3 is 0 Å². The zero-order valence-electron chi connectivity index (χ0n) is 10.6. The molecule has 1 aliphatic heterocycles. The van der Waals surface area contributed by atoms with Crippen LogP contribution < -0.4 is 0 Å². The second kappa shape index (κ2) is 4.99. The van der Waals surface area contributed by atoms with E-state index < -0.39 is 10.0 Å². The molecule has 2 aromatic rings. The van der Waals surface area contributed by atoms with Crippen molar-refractivity contribution in [1.82, 2.24) is 9.46 Å². The minimum atomic E-state index is -3.43. The van der Waals surface area contributed by atoms with Crippen molar-refractivity contribution in [2.75, 3.05) is 6.54 Å². The number of fused-ring (bicyclic) bond motifs is 1.